The second-order valence-electron chi connectivity index (χ2n) is 3.72. The lowest BCUT2D eigenvalue weighted by Crippen LogP contribution is -2.16. The van der Waals surface area contributed by atoms with Crippen LogP contribution in [0.5, 0.6) is 11.5 Å². The molecule has 1 rings (SSSR count). The molecule has 0 aliphatic heterocycles. The zero-order valence-electron chi connectivity index (χ0n) is 10.7. The molecule has 0 atom stereocenters. The minimum absolute atomic E-state index is 0.0338. The van der Waals surface area contributed by atoms with Gasteiger partial charge in [-0.15, -0.1) is 0 Å². The molecule has 0 bridgehead atoms. The lowest BCUT2D eigenvalue weighted by atomic mass is 10.0. The fourth-order valence-electron chi connectivity index (χ4n) is 1.64. The number of hydrogen-bond donors (Lipinski definition) is 3. The maximum atomic E-state index is 11.8. The molecular weight excluding hydrogens is 234 g/mol. The highest BCUT2D eigenvalue weighted by atomic mass is 16.5. The fraction of sp³-hybridized carbons (Fsp3) is 0.308. The molecular formula is C13H17NO4. The van der Waals surface area contributed by atoms with Gasteiger partial charge in [0.25, 0.3) is 0 Å². The monoisotopic (exact) mass is 251 g/mol. The molecule has 0 radical (unpaired) electrons. The first-order chi connectivity index (χ1) is 8.51. The molecule has 0 aliphatic rings. The average molecular weight is 251 g/mol. The van der Waals surface area contributed by atoms with Gasteiger partial charge in [0.1, 0.15) is 11.5 Å². The Kier molecular flexibility index (Phi) is 4.59. The number of rotatable bonds is 4. The van der Waals surface area contributed by atoms with Gasteiger partial charge in [0.15, 0.2) is 0 Å². The van der Waals surface area contributed by atoms with Crippen molar-refractivity contribution in [2.75, 3.05) is 13.7 Å². The number of ether oxygens (including phenoxy) is 1. The summed E-state index contributed by atoms with van der Waals surface area (Å²) < 4.78 is 4.70. The third-order valence-corrected chi connectivity index (χ3v) is 2.46. The second-order valence-corrected chi connectivity index (χ2v) is 3.72. The van der Waals surface area contributed by atoms with Crippen molar-refractivity contribution in [3.8, 4) is 11.5 Å². The van der Waals surface area contributed by atoms with Crippen LogP contribution in [-0.4, -0.2) is 29.8 Å². The van der Waals surface area contributed by atoms with Crippen LogP contribution < -0.4 is 5.32 Å². The summed E-state index contributed by atoms with van der Waals surface area (Å²) in [7, 11) is 1.27. The number of esters is 1. The van der Waals surface area contributed by atoms with Crippen molar-refractivity contribution >= 4 is 11.5 Å². The number of methoxy groups -OCH3 is 1. The van der Waals surface area contributed by atoms with Gasteiger partial charge in [-0.05, 0) is 32.0 Å². The van der Waals surface area contributed by atoms with E-state index in [1.165, 1.54) is 25.3 Å². The lowest BCUT2D eigenvalue weighted by molar-refractivity contribution is -0.133. The van der Waals surface area contributed by atoms with Crippen LogP contribution in [-0.2, 0) is 9.53 Å². The molecule has 0 unspecified atom stereocenters. The van der Waals surface area contributed by atoms with E-state index in [0.717, 1.165) is 0 Å². The van der Waals surface area contributed by atoms with E-state index < -0.39 is 5.97 Å². The molecule has 3 N–H and O–H groups in total. The number of aromatic hydroxyl groups is 2. The van der Waals surface area contributed by atoms with Crippen molar-refractivity contribution in [2.24, 2.45) is 0 Å². The smallest absolute Gasteiger partial charge is 0.340 e. The summed E-state index contributed by atoms with van der Waals surface area (Å²) >= 11 is 0. The number of nitrogens with one attached hydrogen (secondary N) is 1. The molecule has 0 aliphatic carbocycles. The predicted molar refractivity (Wildman–Crippen MR) is 68.1 cm³/mol. The Morgan fingerprint density at radius 2 is 2.06 bits per heavy atom. The summed E-state index contributed by atoms with van der Waals surface area (Å²) in [5.41, 5.74) is 1.01. The Balaban J connectivity index is 3.39. The first kappa shape index (κ1) is 13.9. The van der Waals surface area contributed by atoms with Crippen LogP contribution in [0.3, 0.4) is 0 Å². The van der Waals surface area contributed by atoms with E-state index in [0.29, 0.717) is 12.2 Å². The first-order valence-electron chi connectivity index (χ1n) is 5.56. The van der Waals surface area contributed by atoms with Crippen molar-refractivity contribution in [1.82, 2.24) is 5.32 Å². The van der Waals surface area contributed by atoms with Crippen molar-refractivity contribution in [2.45, 2.75) is 13.8 Å². The van der Waals surface area contributed by atoms with Crippen LogP contribution in [0.25, 0.3) is 5.57 Å². The lowest BCUT2D eigenvalue weighted by Gasteiger charge is -2.13. The standard InChI is InChI=1S/C13H17NO4/c1-4-14-8(2)12(13(17)18-3)10-7-9(15)5-6-11(10)16/h5-7,14-16H,4H2,1-3H3/b12-8+. The van der Waals surface area contributed by atoms with Gasteiger partial charge in [0.05, 0.1) is 12.7 Å². The van der Waals surface area contributed by atoms with E-state index in [-0.39, 0.29) is 22.6 Å². The van der Waals surface area contributed by atoms with Crippen LogP contribution in [0.15, 0.2) is 23.9 Å². The zero-order chi connectivity index (χ0) is 13.7. The zero-order valence-corrected chi connectivity index (χ0v) is 10.7. The summed E-state index contributed by atoms with van der Waals surface area (Å²) in [6.45, 7) is 4.23. The molecule has 0 spiro atoms. The maximum absolute atomic E-state index is 11.8. The van der Waals surface area contributed by atoms with Gasteiger partial charge in [-0.1, -0.05) is 0 Å². The fourth-order valence-corrected chi connectivity index (χ4v) is 1.64. The quantitative estimate of drug-likeness (QED) is 0.430. The van der Waals surface area contributed by atoms with Crippen molar-refractivity contribution in [3.05, 3.63) is 29.5 Å². The number of hydrogen-bond acceptors (Lipinski definition) is 5. The number of carbonyl (C=O) groups excluding carboxylic acids is 1. The molecule has 5 nitrogen and oxygen atoms in total. The Morgan fingerprint density at radius 1 is 1.39 bits per heavy atom. The summed E-state index contributed by atoms with van der Waals surface area (Å²) in [6, 6.07) is 3.99. The van der Waals surface area contributed by atoms with Crippen molar-refractivity contribution < 1.29 is 19.7 Å². The van der Waals surface area contributed by atoms with E-state index in [2.05, 4.69) is 5.32 Å². The highest BCUT2D eigenvalue weighted by Gasteiger charge is 2.19. The van der Waals surface area contributed by atoms with Crippen LogP contribution >= 0.6 is 0 Å². The van der Waals surface area contributed by atoms with Gasteiger partial charge in [0.2, 0.25) is 0 Å². The number of benzene rings is 1. The molecule has 0 heterocycles. The predicted octanol–water partition coefficient (Wildman–Crippen LogP) is 1.61. The third kappa shape index (κ3) is 2.94. The first-order valence-corrected chi connectivity index (χ1v) is 5.56. The second kappa shape index (κ2) is 5.95. The van der Waals surface area contributed by atoms with E-state index in [1.807, 2.05) is 6.92 Å². The number of phenolic OH excluding ortho intramolecular Hbond substituents is 2. The minimum atomic E-state index is -0.575. The summed E-state index contributed by atoms with van der Waals surface area (Å²) in [4.78, 5) is 11.8. The molecule has 5 heteroatoms. The Bertz CT molecular complexity index is 480. The summed E-state index contributed by atoms with van der Waals surface area (Å²) in [6.07, 6.45) is 0. The van der Waals surface area contributed by atoms with Crippen LogP contribution in [0, 0.1) is 0 Å². The average Bonchev–Trinajstić information content (AvgIpc) is 2.34. The van der Waals surface area contributed by atoms with Crippen LogP contribution in [0.1, 0.15) is 19.4 Å². The van der Waals surface area contributed by atoms with E-state index >= 15 is 0 Å². The van der Waals surface area contributed by atoms with Crippen LogP contribution in [0.4, 0.5) is 0 Å². The highest BCUT2D eigenvalue weighted by molar-refractivity contribution is 6.18. The third-order valence-electron chi connectivity index (χ3n) is 2.46. The summed E-state index contributed by atoms with van der Waals surface area (Å²) in [5.74, 6) is -0.701. The molecule has 18 heavy (non-hydrogen) atoms. The summed E-state index contributed by atoms with van der Waals surface area (Å²) in [5, 5.41) is 22.2. The van der Waals surface area contributed by atoms with Gasteiger partial charge >= 0.3 is 5.97 Å². The molecule has 1 aromatic carbocycles. The molecule has 0 fully saturated rings. The van der Waals surface area contributed by atoms with E-state index in [4.69, 9.17) is 4.74 Å². The molecule has 0 amide bonds. The van der Waals surface area contributed by atoms with E-state index in [9.17, 15) is 15.0 Å². The van der Waals surface area contributed by atoms with Gasteiger partial charge in [-0.3, -0.25) is 0 Å². The molecule has 1 aromatic rings. The largest absolute Gasteiger partial charge is 0.508 e. The molecule has 98 valence electrons. The number of allylic oxidation sites excluding steroid dienone is 1. The van der Waals surface area contributed by atoms with Crippen molar-refractivity contribution in [3.63, 3.8) is 0 Å². The van der Waals surface area contributed by atoms with Gasteiger partial charge in [-0.2, -0.15) is 0 Å². The van der Waals surface area contributed by atoms with Gasteiger partial charge in [-0.25, -0.2) is 4.79 Å². The number of carbonyl (C=O) groups is 1. The van der Waals surface area contributed by atoms with Crippen molar-refractivity contribution in [1.29, 1.82) is 0 Å². The van der Waals surface area contributed by atoms with Gasteiger partial charge in [0, 0.05) is 17.8 Å². The Morgan fingerprint density at radius 3 is 2.61 bits per heavy atom. The number of phenols is 2. The molecule has 0 saturated heterocycles. The van der Waals surface area contributed by atoms with E-state index in [1.54, 1.807) is 6.92 Å². The Hall–Kier alpha value is -2.17. The SMILES string of the molecule is CCN/C(C)=C(/C(=O)OC)c1cc(O)ccc1O. The van der Waals surface area contributed by atoms with Gasteiger partial charge < -0.3 is 20.3 Å². The molecule has 0 saturated carbocycles. The topological polar surface area (TPSA) is 78.8 Å². The normalized spacial score (nSPS) is 11.7. The minimum Gasteiger partial charge on any atom is -0.508 e. The highest BCUT2D eigenvalue weighted by Crippen LogP contribution is 2.30. The maximum Gasteiger partial charge on any atom is 0.340 e. The van der Waals surface area contributed by atoms with Crippen LogP contribution in [0.2, 0.25) is 0 Å². The Labute approximate surface area is 106 Å². The molecule has 0 aromatic heterocycles.